The average molecular weight is 438 g/mol. The van der Waals surface area contributed by atoms with Crippen molar-refractivity contribution in [2.24, 2.45) is 0 Å². The molecule has 0 aromatic heterocycles. The lowest BCUT2D eigenvalue weighted by atomic mass is 10.1. The number of amides is 1. The van der Waals surface area contributed by atoms with Crippen molar-refractivity contribution in [1.82, 2.24) is 4.72 Å². The molecule has 0 spiro atoms. The summed E-state index contributed by atoms with van der Waals surface area (Å²) >= 11 is 0. The molecule has 0 saturated carbocycles. The highest BCUT2D eigenvalue weighted by molar-refractivity contribution is 7.89. The molecule has 0 unspecified atom stereocenters. The lowest BCUT2D eigenvalue weighted by Gasteiger charge is -2.18. The molecule has 1 aromatic carbocycles. The first-order valence-corrected chi connectivity index (χ1v) is 10.6. The largest absolute Gasteiger partial charge is 0.441 e. The van der Waals surface area contributed by atoms with Crippen LogP contribution >= 0.6 is 0 Å². The van der Waals surface area contributed by atoms with Crippen LogP contribution in [0.1, 0.15) is 18.9 Å². The monoisotopic (exact) mass is 438 g/mol. The number of carbonyl (C=O) groups excluding carboxylic acids is 1. The summed E-state index contributed by atoms with van der Waals surface area (Å²) < 4.78 is 81.0. The maximum Gasteiger partial charge on any atom is 0.416 e. The van der Waals surface area contributed by atoms with Gasteiger partial charge in [-0.25, -0.2) is 17.9 Å². The van der Waals surface area contributed by atoms with Gasteiger partial charge in [0.25, 0.3) is 0 Å². The van der Waals surface area contributed by atoms with E-state index in [2.05, 4.69) is 10.0 Å². The summed E-state index contributed by atoms with van der Waals surface area (Å²) in [5.41, 5.74) is -0.973. The van der Waals surface area contributed by atoms with Gasteiger partial charge in [0.15, 0.2) is 6.10 Å². The summed E-state index contributed by atoms with van der Waals surface area (Å²) in [5.74, 6) is -0.0276. The number of sulfonamides is 1. The van der Waals surface area contributed by atoms with E-state index in [4.69, 9.17) is 14.2 Å². The molecule has 29 heavy (non-hydrogen) atoms. The number of fused-ring (bicyclic) bond motifs is 1. The van der Waals surface area contributed by atoms with Gasteiger partial charge in [-0.2, -0.15) is 13.2 Å². The Bertz CT molecular complexity index is 848. The van der Waals surface area contributed by atoms with E-state index >= 15 is 0 Å². The highest BCUT2D eigenvalue weighted by atomic mass is 32.2. The van der Waals surface area contributed by atoms with Crippen LogP contribution in [-0.4, -0.2) is 57.8 Å². The highest BCUT2D eigenvalue weighted by Gasteiger charge is 2.50. The van der Waals surface area contributed by atoms with Crippen molar-refractivity contribution in [2.75, 3.05) is 24.3 Å². The minimum atomic E-state index is -4.54. The number of halogens is 3. The van der Waals surface area contributed by atoms with Crippen LogP contribution in [0.15, 0.2) is 24.3 Å². The Balaban J connectivity index is 1.57. The van der Waals surface area contributed by atoms with Gasteiger partial charge in [-0.1, -0.05) is 13.0 Å². The molecule has 2 heterocycles. The van der Waals surface area contributed by atoms with E-state index in [1.807, 2.05) is 0 Å². The second-order valence-electron chi connectivity index (χ2n) is 6.79. The molecule has 162 valence electrons. The number of benzene rings is 1. The zero-order valence-electron chi connectivity index (χ0n) is 15.4. The molecule has 1 amide bonds. The first-order valence-electron chi connectivity index (χ1n) is 8.97. The van der Waals surface area contributed by atoms with Crippen LogP contribution in [0.4, 0.5) is 23.7 Å². The van der Waals surface area contributed by atoms with Crippen LogP contribution < -0.4 is 10.0 Å². The van der Waals surface area contributed by atoms with Crippen LogP contribution in [-0.2, 0) is 30.4 Å². The maximum atomic E-state index is 12.8. The molecule has 12 heteroatoms. The van der Waals surface area contributed by atoms with Gasteiger partial charge in [0.2, 0.25) is 10.0 Å². The van der Waals surface area contributed by atoms with Gasteiger partial charge in [0, 0.05) is 5.69 Å². The zero-order valence-corrected chi connectivity index (χ0v) is 16.3. The summed E-state index contributed by atoms with van der Waals surface area (Å²) in [6.07, 6.45) is -7.14. The number of rotatable bonds is 6. The van der Waals surface area contributed by atoms with Crippen LogP contribution in [0.3, 0.4) is 0 Å². The SMILES string of the molecule is CCCS(=O)(=O)N[C@@H]1CO[C@@H]2[C@@H]1OC[C@H]2OC(=O)Nc1cccc(C(F)(F)F)c1. The second-order valence-corrected chi connectivity index (χ2v) is 8.66. The van der Waals surface area contributed by atoms with Crippen molar-refractivity contribution in [3.05, 3.63) is 29.8 Å². The smallest absolute Gasteiger partial charge is 0.416 e. The Hall–Kier alpha value is -1.89. The lowest BCUT2D eigenvalue weighted by Crippen LogP contribution is -2.45. The van der Waals surface area contributed by atoms with Crippen LogP contribution in [0, 0.1) is 0 Å². The van der Waals surface area contributed by atoms with Gasteiger partial charge in [0.1, 0.15) is 12.2 Å². The Kier molecular flexibility index (Phi) is 6.36. The third-order valence-corrected chi connectivity index (χ3v) is 6.11. The van der Waals surface area contributed by atoms with Gasteiger partial charge in [-0.15, -0.1) is 0 Å². The summed E-state index contributed by atoms with van der Waals surface area (Å²) in [6.45, 7) is 1.79. The highest BCUT2D eigenvalue weighted by Crippen LogP contribution is 2.31. The number of alkyl halides is 3. The number of hydrogen-bond donors (Lipinski definition) is 2. The van der Waals surface area contributed by atoms with Crippen molar-refractivity contribution in [2.45, 2.75) is 43.9 Å². The molecule has 2 aliphatic heterocycles. The Morgan fingerprint density at radius 3 is 2.66 bits per heavy atom. The maximum absolute atomic E-state index is 12.8. The minimum Gasteiger partial charge on any atom is -0.441 e. The van der Waals surface area contributed by atoms with E-state index in [-0.39, 0.29) is 24.7 Å². The van der Waals surface area contributed by atoms with Gasteiger partial charge in [-0.3, -0.25) is 5.32 Å². The van der Waals surface area contributed by atoms with Gasteiger partial charge >= 0.3 is 12.3 Å². The van der Waals surface area contributed by atoms with Crippen LogP contribution in [0.25, 0.3) is 0 Å². The molecule has 0 radical (unpaired) electrons. The number of nitrogens with one attached hydrogen (secondary N) is 2. The number of hydrogen-bond acceptors (Lipinski definition) is 6. The minimum absolute atomic E-state index is 0.0165. The molecular weight excluding hydrogens is 417 g/mol. The fourth-order valence-electron chi connectivity index (χ4n) is 3.28. The Morgan fingerprint density at radius 1 is 1.24 bits per heavy atom. The van der Waals surface area contributed by atoms with E-state index in [1.54, 1.807) is 6.92 Å². The summed E-state index contributed by atoms with van der Waals surface area (Å²) in [4.78, 5) is 12.1. The summed E-state index contributed by atoms with van der Waals surface area (Å²) in [6, 6.07) is 3.55. The normalized spacial score (nSPS) is 26.9. The second kappa shape index (κ2) is 8.46. The van der Waals surface area contributed by atoms with Crippen LogP contribution in [0.2, 0.25) is 0 Å². The summed E-state index contributed by atoms with van der Waals surface area (Å²) in [5, 5.41) is 2.24. The molecular formula is C17H21F3N2O6S. The predicted octanol–water partition coefficient (Wildman–Crippen LogP) is 2.12. The van der Waals surface area contributed by atoms with E-state index < -0.39 is 52.2 Å². The average Bonchev–Trinajstić information content (AvgIpc) is 3.18. The third kappa shape index (κ3) is 5.38. The first-order chi connectivity index (χ1) is 13.6. The first kappa shape index (κ1) is 21.8. The third-order valence-electron chi connectivity index (χ3n) is 4.51. The lowest BCUT2D eigenvalue weighted by molar-refractivity contribution is -0.137. The van der Waals surface area contributed by atoms with Crippen molar-refractivity contribution in [3.8, 4) is 0 Å². The molecule has 2 saturated heterocycles. The van der Waals surface area contributed by atoms with E-state index in [1.165, 1.54) is 12.1 Å². The molecule has 0 aliphatic carbocycles. The number of carbonyl (C=O) groups is 1. The predicted molar refractivity (Wildman–Crippen MR) is 95.8 cm³/mol. The summed E-state index contributed by atoms with van der Waals surface area (Å²) in [7, 11) is -3.47. The molecule has 2 N–H and O–H groups in total. The molecule has 2 aliphatic rings. The van der Waals surface area contributed by atoms with E-state index in [9.17, 15) is 26.4 Å². The van der Waals surface area contributed by atoms with E-state index in [0.717, 1.165) is 12.1 Å². The molecule has 8 nitrogen and oxygen atoms in total. The Morgan fingerprint density at radius 2 is 1.97 bits per heavy atom. The fraction of sp³-hybridized carbons (Fsp3) is 0.588. The standard InChI is InChI=1S/C17H21F3N2O6S/c1-2-6-29(24,25)22-12-8-26-15-13(9-27-14(12)15)28-16(23)21-11-5-3-4-10(7-11)17(18,19)20/h3-5,7,12-15,22H,2,6,8-9H2,1H3,(H,21,23)/t12-,13-,14-,15+/m1/s1. The van der Waals surface area contributed by atoms with Crippen molar-refractivity contribution < 1.29 is 40.6 Å². The molecule has 1 aromatic rings. The van der Waals surface area contributed by atoms with Crippen molar-refractivity contribution in [3.63, 3.8) is 0 Å². The van der Waals surface area contributed by atoms with Gasteiger partial charge in [0.05, 0.1) is 30.6 Å². The van der Waals surface area contributed by atoms with Gasteiger partial charge < -0.3 is 14.2 Å². The molecule has 0 bridgehead atoms. The van der Waals surface area contributed by atoms with Crippen LogP contribution in [0.5, 0.6) is 0 Å². The molecule has 4 atom stereocenters. The van der Waals surface area contributed by atoms with Gasteiger partial charge in [-0.05, 0) is 24.6 Å². The molecule has 2 fully saturated rings. The topological polar surface area (TPSA) is 103 Å². The van der Waals surface area contributed by atoms with E-state index in [0.29, 0.717) is 6.42 Å². The fourth-order valence-corrected chi connectivity index (χ4v) is 4.60. The van der Waals surface area contributed by atoms with Crippen molar-refractivity contribution in [1.29, 1.82) is 0 Å². The quantitative estimate of drug-likeness (QED) is 0.705. The zero-order chi connectivity index (χ0) is 21.2. The number of ether oxygens (including phenoxy) is 3. The molecule has 3 rings (SSSR count). The number of anilines is 1. The Labute approximate surface area is 165 Å². The van der Waals surface area contributed by atoms with Crippen molar-refractivity contribution >= 4 is 21.8 Å².